The van der Waals surface area contributed by atoms with E-state index in [9.17, 15) is 9.90 Å². The number of piperidine rings is 1. The molecule has 2 fully saturated rings. The predicted octanol–water partition coefficient (Wildman–Crippen LogP) is 2.18. The number of aryl methyl sites for hydroxylation is 2. The summed E-state index contributed by atoms with van der Waals surface area (Å²) in [5.41, 5.74) is 1.29. The number of β-amino-alcohol motifs (C(OH)–C–C–N with tert-alkyl or cyclic N) is 1. The molecule has 0 unspecified atom stereocenters. The molecule has 6 heteroatoms. The van der Waals surface area contributed by atoms with E-state index in [-0.39, 0.29) is 5.91 Å². The summed E-state index contributed by atoms with van der Waals surface area (Å²) < 4.78 is 2.12. The van der Waals surface area contributed by atoms with E-state index in [0.717, 1.165) is 49.3 Å². The SMILES string of the molecule is Cc1nc2ccccc2n1CCC(=O)N1CCC[C@](O)(CN2CCCC2)C1. The maximum atomic E-state index is 12.8. The van der Waals surface area contributed by atoms with Gasteiger partial charge in [-0.05, 0) is 57.8 Å². The number of amides is 1. The molecule has 1 aromatic heterocycles. The average molecular weight is 370 g/mol. The number of para-hydroxylation sites is 2. The Morgan fingerprint density at radius 1 is 1.19 bits per heavy atom. The van der Waals surface area contributed by atoms with E-state index in [0.29, 0.717) is 26.1 Å². The first-order valence-electron chi connectivity index (χ1n) is 10.2. The van der Waals surface area contributed by atoms with Crippen LogP contribution in [-0.2, 0) is 11.3 Å². The molecule has 27 heavy (non-hydrogen) atoms. The summed E-state index contributed by atoms with van der Waals surface area (Å²) in [5.74, 6) is 1.07. The van der Waals surface area contributed by atoms with Crippen molar-refractivity contribution in [2.45, 2.75) is 51.2 Å². The van der Waals surface area contributed by atoms with Gasteiger partial charge in [-0.2, -0.15) is 0 Å². The molecule has 0 radical (unpaired) electrons. The number of fused-ring (bicyclic) bond motifs is 1. The lowest BCUT2D eigenvalue weighted by atomic mass is 9.92. The number of benzene rings is 1. The van der Waals surface area contributed by atoms with Crippen LogP contribution < -0.4 is 0 Å². The van der Waals surface area contributed by atoms with Crippen molar-refractivity contribution in [3.05, 3.63) is 30.1 Å². The molecule has 2 saturated heterocycles. The molecule has 2 aliphatic heterocycles. The highest BCUT2D eigenvalue weighted by Gasteiger charge is 2.37. The Bertz CT molecular complexity index is 812. The molecule has 0 bridgehead atoms. The molecule has 3 heterocycles. The minimum Gasteiger partial charge on any atom is -0.387 e. The molecule has 0 spiro atoms. The molecule has 1 N–H and O–H groups in total. The summed E-state index contributed by atoms with van der Waals surface area (Å²) in [6.45, 7) is 6.68. The van der Waals surface area contributed by atoms with Crippen LogP contribution in [0.3, 0.4) is 0 Å². The summed E-state index contributed by atoms with van der Waals surface area (Å²) in [6, 6.07) is 8.04. The molecule has 2 aromatic rings. The van der Waals surface area contributed by atoms with Gasteiger partial charge in [0.25, 0.3) is 0 Å². The lowest BCUT2D eigenvalue weighted by molar-refractivity contribution is -0.139. The molecule has 6 nitrogen and oxygen atoms in total. The summed E-state index contributed by atoms with van der Waals surface area (Å²) in [6.07, 6.45) is 4.55. The minimum atomic E-state index is -0.754. The number of imidazole rings is 1. The van der Waals surface area contributed by atoms with Gasteiger partial charge in [0, 0.05) is 26.1 Å². The number of rotatable bonds is 5. The van der Waals surface area contributed by atoms with Crippen molar-refractivity contribution in [3.63, 3.8) is 0 Å². The van der Waals surface area contributed by atoms with Crippen LogP contribution in [0, 0.1) is 6.92 Å². The largest absolute Gasteiger partial charge is 0.387 e. The van der Waals surface area contributed by atoms with Gasteiger partial charge >= 0.3 is 0 Å². The predicted molar refractivity (Wildman–Crippen MR) is 106 cm³/mol. The molecule has 0 aliphatic carbocycles. The van der Waals surface area contributed by atoms with E-state index in [1.54, 1.807) is 0 Å². The minimum absolute atomic E-state index is 0.131. The van der Waals surface area contributed by atoms with Crippen molar-refractivity contribution in [3.8, 4) is 0 Å². The second kappa shape index (κ2) is 7.60. The van der Waals surface area contributed by atoms with Gasteiger partial charge < -0.3 is 19.5 Å². The second-order valence-corrected chi connectivity index (χ2v) is 8.18. The van der Waals surface area contributed by atoms with Crippen LogP contribution in [-0.4, -0.2) is 68.7 Å². The zero-order valence-electron chi connectivity index (χ0n) is 16.2. The average Bonchev–Trinajstić information content (AvgIpc) is 3.26. The summed E-state index contributed by atoms with van der Waals surface area (Å²) in [7, 11) is 0. The van der Waals surface area contributed by atoms with Gasteiger partial charge in [0.15, 0.2) is 0 Å². The smallest absolute Gasteiger partial charge is 0.224 e. The third-order valence-corrected chi connectivity index (χ3v) is 6.02. The number of nitrogens with zero attached hydrogens (tertiary/aromatic N) is 4. The van der Waals surface area contributed by atoms with E-state index in [1.165, 1.54) is 12.8 Å². The fraction of sp³-hybridized carbons (Fsp3) is 0.619. The lowest BCUT2D eigenvalue weighted by Gasteiger charge is -2.41. The molecule has 1 atom stereocenters. The zero-order valence-corrected chi connectivity index (χ0v) is 16.2. The van der Waals surface area contributed by atoms with Gasteiger partial charge in [0.05, 0.1) is 23.2 Å². The molecule has 1 amide bonds. The fourth-order valence-corrected chi connectivity index (χ4v) is 4.66. The van der Waals surface area contributed by atoms with Crippen LogP contribution in [0.15, 0.2) is 24.3 Å². The van der Waals surface area contributed by atoms with E-state index in [2.05, 4.69) is 20.5 Å². The van der Waals surface area contributed by atoms with Crippen LogP contribution in [0.25, 0.3) is 11.0 Å². The Morgan fingerprint density at radius 3 is 2.78 bits per heavy atom. The van der Waals surface area contributed by atoms with Crippen LogP contribution in [0.2, 0.25) is 0 Å². The number of hydrogen-bond acceptors (Lipinski definition) is 4. The monoisotopic (exact) mass is 370 g/mol. The molecule has 2 aliphatic rings. The summed E-state index contributed by atoms with van der Waals surface area (Å²) in [4.78, 5) is 21.6. The zero-order chi connectivity index (χ0) is 18.9. The van der Waals surface area contributed by atoms with Crippen molar-refractivity contribution < 1.29 is 9.90 Å². The van der Waals surface area contributed by atoms with Gasteiger partial charge in [0.2, 0.25) is 5.91 Å². The van der Waals surface area contributed by atoms with Gasteiger partial charge in [0.1, 0.15) is 5.82 Å². The normalized spacial score (nSPS) is 24.0. The van der Waals surface area contributed by atoms with Crippen molar-refractivity contribution >= 4 is 16.9 Å². The van der Waals surface area contributed by atoms with E-state index >= 15 is 0 Å². The van der Waals surface area contributed by atoms with Crippen molar-refractivity contribution in [2.24, 2.45) is 0 Å². The second-order valence-electron chi connectivity index (χ2n) is 8.18. The van der Waals surface area contributed by atoms with Crippen LogP contribution in [0.5, 0.6) is 0 Å². The third kappa shape index (κ3) is 4.01. The summed E-state index contributed by atoms with van der Waals surface area (Å²) in [5, 5.41) is 11.0. The molecule has 146 valence electrons. The first-order chi connectivity index (χ1) is 13.0. The Labute approximate surface area is 160 Å². The molecular formula is C21H30N4O2. The number of carbonyl (C=O) groups excluding carboxylic acids is 1. The number of aliphatic hydroxyl groups is 1. The Morgan fingerprint density at radius 2 is 1.96 bits per heavy atom. The first kappa shape index (κ1) is 18.4. The number of likely N-dealkylation sites (tertiary alicyclic amines) is 2. The number of aromatic nitrogens is 2. The molecule has 1 aromatic carbocycles. The van der Waals surface area contributed by atoms with Crippen LogP contribution in [0.4, 0.5) is 0 Å². The highest BCUT2D eigenvalue weighted by Crippen LogP contribution is 2.25. The van der Waals surface area contributed by atoms with Crippen molar-refractivity contribution in [1.82, 2.24) is 19.4 Å². The first-order valence-corrected chi connectivity index (χ1v) is 10.2. The number of hydrogen-bond donors (Lipinski definition) is 1. The Hall–Kier alpha value is -1.92. The number of carbonyl (C=O) groups is 1. The Kier molecular flexibility index (Phi) is 5.19. The lowest BCUT2D eigenvalue weighted by Crippen LogP contribution is -2.55. The van der Waals surface area contributed by atoms with Gasteiger partial charge in [-0.1, -0.05) is 12.1 Å². The van der Waals surface area contributed by atoms with Gasteiger partial charge in [-0.15, -0.1) is 0 Å². The van der Waals surface area contributed by atoms with Crippen LogP contribution >= 0.6 is 0 Å². The van der Waals surface area contributed by atoms with Crippen LogP contribution in [0.1, 0.15) is 37.9 Å². The standard InChI is InChI=1S/C21H30N4O2/c1-17-22-18-7-2-3-8-19(18)25(17)14-9-20(26)24-13-6-10-21(27,16-24)15-23-11-4-5-12-23/h2-3,7-8,27H,4-6,9-16H2,1H3/t21-/m0/s1. The van der Waals surface area contributed by atoms with Gasteiger partial charge in [-0.25, -0.2) is 4.98 Å². The Balaban J connectivity index is 1.38. The third-order valence-electron chi connectivity index (χ3n) is 6.02. The maximum Gasteiger partial charge on any atom is 0.224 e. The van der Waals surface area contributed by atoms with Gasteiger partial charge in [-0.3, -0.25) is 4.79 Å². The topological polar surface area (TPSA) is 61.6 Å². The highest BCUT2D eigenvalue weighted by atomic mass is 16.3. The molecule has 0 saturated carbocycles. The fourth-order valence-electron chi connectivity index (χ4n) is 4.66. The van der Waals surface area contributed by atoms with E-state index in [1.807, 2.05) is 30.0 Å². The summed E-state index contributed by atoms with van der Waals surface area (Å²) >= 11 is 0. The van der Waals surface area contributed by atoms with Crippen molar-refractivity contribution in [2.75, 3.05) is 32.7 Å². The molecule has 4 rings (SSSR count). The van der Waals surface area contributed by atoms with E-state index < -0.39 is 5.60 Å². The van der Waals surface area contributed by atoms with E-state index in [4.69, 9.17) is 0 Å². The highest BCUT2D eigenvalue weighted by molar-refractivity contribution is 5.78. The molecular weight excluding hydrogens is 340 g/mol. The maximum absolute atomic E-state index is 12.8. The quantitative estimate of drug-likeness (QED) is 0.876. The van der Waals surface area contributed by atoms with Crippen molar-refractivity contribution in [1.29, 1.82) is 0 Å².